The lowest BCUT2D eigenvalue weighted by Gasteiger charge is -2.39. The molecule has 0 radical (unpaired) electrons. The number of benzene rings is 2. The Hall–Kier alpha value is -3.06. The van der Waals surface area contributed by atoms with Crippen molar-refractivity contribution in [2.75, 3.05) is 6.61 Å². The van der Waals surface area contributed by atoms with E-state index in [9.17, 15) is 45.3 Å². The van der Waals surface area contributed by atoms with Crippen LogP contribution in [0.3, 0.4) is 0 Å². The Labute approximate surface area is 180 Å². The van der Waals surface area contributed by atoms with Crippen LogP contribution < -0.4 is 0 Å². The van der Waals surface area contributed by atoms with E-state index in [1.54, 1.807) is 0 Å². The third-order valence-electron chi connectivity index (χ3n) is 5.59. The van der Waals surface area contributed by atoms with E-state index in [4.69, 9.17) is 9.47 Å². The number of hydrogen-bond donors (Lipinski definition) is 7. The number of phenols is 3. The van der Waals surface area contributed by atoms with Gasteiger partial charge in [-0.05, 0) is 12.1 Å². The fourth-order valence-corrected chi connectivity index (χ4v) is 3.85. The molecular formula is C21H20O11. The Kier molecular flexibility index (Phi) is 5.63. The molecule has 0 amide bonds. The summed E-state index contributed by atoms with van der Waals surface area (Å²) in [6, 6.07) is 5.07. The minimum absolute atomic E-state index is 0.0756. The molecule has 1 aliphatic carbocycles. The van der Waals surface area contributed by atoms with Crippen molar-refractivity contribution in [3.63, 3.8) is 0 Å². The van der Waals surface area contributed by atoms with Crippen molar-refractivity contribution in [2.24, 2.45) is 0 Å². The first kappa shape index (κ1) is 22.1. The highest BCUT2D eigenvalue weighted by Crippen LogP contribution is 2.42. The number of ketones is 2. The molecule has 1 heterocycles. The van der Waals surface area contributed by atoms with Gasteiger partial charge in [0.05, 0.1) is 24.3 Å². The van der Waals surface area contributed by atoms with Gasteiger partial charge in [0.2, 0.25) is 5.78 Å². The summed E-state index contributed by atoms with van der Waals surface area (Å²) in [7, 11) is 0. The van der Waals surface area contributed by atoms with E-state index in [0.29, 0.717) is 0 Å². The fourth-order valence-electron chi connectivity index (χ4n) is 3.85. The second kappa shape index (κ2) is 8.13. The molecule has 2 aromatic rings. The Morgan fingerprint density at radius 3 is 2.28 bits per heavy atom. The van der Waals surface area contributed by atoms with Crippen LogP contribution in [0.1, 0.15) is 37.4 Å². The standard InChI is InChI=1S/C21H20O11/c22-5-11-16(26)19(29)20(30)21(32-11)31-6-7-4-9-13(18(28)14(7)24)17(27)12-8(15(9)25)2-1-3-10(12)23/h1-4,11,16,19-24,26,28-30H,5-6H2/t11-,16-,19+,20-,21-/m1/s1. The molecule has 0 bridgehead atoms. The average molecular weight is 448 g/mol. The van der Waals surface area contributed by atoms with Gasteiger partial charge in [0.15, 0.2) is 23.6 Å². The summed E-state index contributed by atoms with van der Waals surface area (Å²) in [4.78, 5) is 25.7. The monoisotopic (exact) mass is 448 g/mol. The number of hydrogen-bond acceptors (Lipinski definition) is 11. The zero-order valence-corrected chi connectivity index (χ0v) is 16.4. The summed E-state index contributed by atoms with van der Waals surface area (Å²) >= 11 is 0. The first-order chi connectivity index (χ1) is 15.2. The Bertz CT molecular complexity index is 1090. The second-order valence-electron chi connectivity index (χ2n) is 7.52. The number of carbonyl (C=O) groups excluding carboxylic acids is 2. The van der Waals surface area contributed by atoms with Crippen LogP contribution in [0.4, 0.5) is 0 Å². The van der Waals surface area contributed by atoms with Gasteiger partial charge in [0.1, 0.15) is 30.2 Å². The van der Waals surface area contributed by atoms with E-state index < -0.39 is 78.3 Å². The molecule has 0 saturated carbocycles. The maximum atomic E-state index is 12.9. The fraction of sp³-hybridized carbons (Fsp3) is 0.333. The quantitative estimate of drug-likeness (QED) is 0.239. The van der Waals surface area contributed by atoms with Gasteiger partial charge in [-0.1, -0.05) is 12.1 Å². The zero-order chi connectivity index (χ0) is 23.3. The molecule has 11 heteroatoms. The SMILES string of the molecule is O=C1c2cccc(O)c2C(=O)c2c1cc(CO[C@@H]1O[C@H](CO)[C@@H](O)[C@H](O)[C@H]1O)c(O)c2O. The zero-order valence-electron chi connectivity index (χ0n) is 16.4. The van der Waals surface area contributed by atoms with Crippen LogP contribution >= 0.6 is 0 Å². The molecule has 1 fully saturated rings. The highest BCUT2D eigenvalue weighted by Gasteiger charge is 2.44. The molecular weight excluding hydrogens is 428 g/mol. The first-order valence-corrected chi connectivity index (χ1v) is 9.58. The average Bonchev–Trinajstić information content (AvgIpc) is 2.77. The van der Waals surface area contributed by atoms with Gasteiger partial charge in [-0.3, -0.25) is 9.59 Å². The van der Waals surface area contributed by atoms with E-state index in [1.165, 1.54) is 18.2 Å². The summed E-state index contributed by atoms with van der Waals surface area (Å²) in [5.74, 6) is -3.62. The summed E-state index contributed by atoms with van der Waals surface area (Å²) in [5.41, 5.74) is -1.20. The maximum Gasteiger partial charge on any atom is 0.202 e. The summed E-state index contributed by atoms with van der Waals surface area (Å²) in [5, 5.41) is 69.7. The highest BCUT2D eigenvalue weighted by atomic mass is 16.7. The van der Waals surface area contributed by atoms with Gasteiger partial charge in [0.25, 0.3) is 0 Å². The molecule has 0 aromatic heterocycles. The number of fused-ring (bicyclic) bond motifs is 2. The number of phenolic OH excluding ortho intramolecular Hbond substituents is 3. The van der Waals surface area contributed by atoms with Crippen LogP contribution in [0.5, 0.6) is 17.2 Å². The lowest BCUT2D eigenvalue weighted by molar-refractivity contribution is -0.304. The third kappa shape index (κ3) is 3.32. The Balaban J connectivity index is 1.65. The molecule has 1 saturated heterocycles. The van der Waals surface area contributed by atoms with Gasteiger partial charge >= 0.3 is 0 Å². The molecule has 170 valence electrons. The molecule has 5 atom stereocenters. The normalized spacial score (nSPS) is 27.2. The van der Waals surface area contributed by atoms with Crippen LogP contribution in [0.2, 0.25) is 0 Å². The molecule has 2 aromatic carbocycles. The van der Waals surface area contributed by atoms with Gasteiger partial charge < -0.3 is 45.2 Å². The highest BCUT2D eigenvalue weighted by molar-refractivity contribution is 6.30. The van der Waals surface area contributed by atoms with Gasteiger partial charge in [0, 0.05) is 16.7 Å². The van der Waals surface area contributed by atoms with Gasteiger partial charge in [-0.2, -0.15) is 0 Å². The molecule has 2 aliphatic rings. The van der Waals surface area contributed by atoms with Crippen LogP contribution in [0.15, 0.2) is 24.3 Å². The van der Waals surface area contributed by atoms with Crippen molar-refractivity contribution < 1.29 is 54.8 Å². The van der Waals surface area contributed by atoms with Crippen molar-refractivity contribution in [1.82, 2.24) is 0 Å². The van der Waals surface area contributed by atoms with E-state index in [-0.39, 0.29) is 22.3 Å². The summed E-state index contributed by atoms with van der Waals surface area (Å²) < 4.78 is 10.6. The first-order valence-electron chi connectivity index (χ1n) is 9.58. The van der Waals surface area contributed by atoms with E-state index in [0.717, 1.165) is 6.07 Å². The topological polar surface area (TPSA) is 194 Å². The predicted octanol–water partition coefficient (Wildman–Crippen LogP) is -1.10. The molecule has 0 spiro atoms. The van der Waals surface area contributed by atoms with Gasteiger partial charge in [-0.25, -0.2) is 0 Å². The lowest BCUT2D eigenvalue weighted by atomic mass is 9.82. The lowest BCUT2D eigenvalue weighted by Crippen LogP contribution is -2.59. The number of aliphatic hydroxyl groups is 4. The summed E-state index contributed by atoms with van der Waals surface area (Å²) in [6.07, 6.45) is -7.69. The minimum Gasteiger partial charge on any atom is -0.507 e. The van der Waals surface area contributed by atoms with Gasteiger partial charge in [-0.15, -0.1) is 0 Å². The Morgan fingerprint density at radius 1 is 0.875 bits per heavy atom. The molecule has 1 aliphatic heterocycles. The van der Waals surface area contributed by atoms with Crippen LogP contribution in [0.25, 0.3) is 0 Å². The van der Waals surface area contributed by atoms with Crippen molar-refractivity contribution in [1.29, 1.82) is 0 Å². The van der Waals surface area contributed by atoms with E-state index >= 15 is 0 Å². The smallest absolute Gasteiger partial charge is 0.202 e. The van der Waals surface area contributed by atoms with E-state index in [2.05, 4.69) is 0 Å². The molecule has 0 unspecified atom stereocenters. The third-order valence-corrected chi connectivity index (χ3v) is 5.59. The molecule has 11 nitrogen and oxygen atoms in total. The van der Waals surface area contributed by atoms with Crippen LogP contribution in [-0.4, -0.2) is 84.6 Å². The number of aromatic hydroxyl groups is 3. The second-order valence-corrected chi connectivity index (χ2v) is 7.52. The number of aliphatic hydroxyl groups excluding tert-OH is 4. The molecule has 4 rings (SSSR count). The van der Waals surface area contributed by atoms with Crippen molar-refractivity contribution in [3.8, 4) is 17.2 Å². The number of carbonyl (C=O) groups is 2. The van der Waals surface area contributed by atoms with Crippen molar-refractivity contribution >= 4 is 11.6 Å². The number of rotatable bonds is 4. The maximum absolute atomic E-state index is 12.9. The predicted molar refractivity (Wildman–Crippen MR) is 103 cm³/mol. The van der Waals surface area contributed by atoms with Crippen molar-refractivity contribution in [2.45, 2.75) is 37.3 Å². The largest absolute Gasteiger partial charge is 0.507 e. The number of ether oxygens (including phenoxy) is 2. The van der Waals surface area contributed by atoms with Crippen LogP contribution in [-0.2, 0) is 16.1 Å². The summed E-state index contributed by atoms with van der Waals surface area (Å²) in [6.45, 7) is -1.21. The van der Waals surface area contributed by atoms with Crippen LogP contribution in [0, 0.1) is 0 Å². The molecule has 32 heavy (non-hydrogen) atoms. The molecule has 7 N–H and O–H groups in total. The minimum atomic E-state index is -1.70. The van der Waals surface area contributed by atoms with E-state index in [1.807, 2.05) is 0 Å². The Morgan fingerprint density at radius 2 is 1.59 bits per heavy atom. The van der Waals surface area contributed by atoms with Crippen molar-refractivity contribution in [3.05, 3.63) is 52.1 Å².